The van der Waals surface area contributed by atoms with Crippen molar-refractivity contribution in [1.29, 1.82) is 0 Å². The average Bonchev–Trinajstić information content (AvgIpc) is 1.84. The van der Waals surface area contributed by atoms with E-state index in [1.54, 1.807) is 6.92 Å². The van der Waals surface area contributed by atoms with Crippen LogP contribution in [0.3, 0.4) is 0 Å². The SMILES string of the molecule is C=CC(F)C(O)CC. The first kappa shape index (κ1) is 7.63. The average molecular weight is 118 g/mol. The van der Waals surface area contributed by atoms with Gasteiger partial charge in [0.15, 0.2) is 0 Å². The van der Waals surface area contributed by atoms with Crippen LogP contribution in [0.15, 0.2) is 12.7 Å². The van der Waals surface area contributed by atoms with E-state index >= 15 is 0 Å². The van der Waals surface area contributed by atoms with E-state index in [1.807, 2.05) is 0 Å². The maximum Gasteiger partial charge on any atom is 0.144 e. The summed E-state index contributed by atoms with van der Waals surface area (Å²) in [5.74, 6) is 0. The third kappa shape index (κ3) is 2.07. The van der Waals surface area contributed by atoms with Crippen molar-refractivity contribution in [3.63, 3.8) is 0 Å². The van der Waals surface area contributed by atoms with E-state index in [0.717, 1.165) is 6.08 Å². The van der Waals surface area contributed by atoms with Gasteiger partial charge in [-0.25, -0.2) is 4.39 Å². The van der Waals surface area contributed by atoms with Gasteiger partial charge in [0.2, 0.25) is 0 Å². The predicted octanol–water partition coefficient (Wildman–Crippen LogP) is 1.28. The monoisotopic (exact) mass is 118 g/mol. The van der Waals surface area contributed by atoms with Crippen LogP contribution in [-0.2, 0) is 0 Å². The lowest BCUT2D eigenvalue weighted by molar-refractivity contribution is 0.0997. The first-order chi connectivity index (χ1) is 3.72. The zero-order valence-corrected chi connectivity index (χ0v) is 4.97. The number of aliphatic hydroxyl groups is 1. The van der Waals surface area contributed by atoms with E-state index in [0.29, 0.717) is 6.42 Å². The van der Waals surface area contributed by atoms with Crippen LogP contribution in [0.4, 0.5) is 4.39 Å². The van der Waals surface area contributed by atoms with Gasteiger partial charge in [-0.15, -0.1) is 6.58 Å². The Balaban J connectivity index is 3.44. The van der Waals surface area contributed by atoms with E-state index in [4.69, 9.17) is 5.11 Å². The minimum absolute atomic E-state index is 0.438. The summed E-state index contributed by atoms with van der Waals surface area (Å²) in [7, 11) is 0. The first-order valence-corrected chi connectivity index (χ1v) is 2.67. The van der Waals surface area contributed by atoms with Crippen molar-refractivity contribution in [1.82, 2.24) is 0 Å². The van der Waals surface area contributed by atoms with Crippen LogP contribution in [0.2, 0.25) is 0 Å². The molecule has 0 aliphatic carbocycles. The van der Waals surface area contributed by atoms with Crippen LogP contribution in [-0.4, -0.2) is 17.4 Å². The highest BCUT2D eigenvalue weighted by Crippen LogP contribution is 2.02. The minimum Gasteiger partial charge on any atom is -0.390 e. The molecular weight excluding hydrogens is 107 g/mol. The largest absolute Gasteiger partial charge is 0.390 e. The molecule has 2 unspecified atom stereocenters. The van der Waals surface area contributed by atoms with Gasteiger partial charge >= 0.3 is 0 Å². The van der Waals surface area contributed by atoms with E-state index < -0.39 is 12.3 Å². The zero-order valence-electron chi connectivity index (χ0n) is 4.97. The van der Waals surface area contributed by atoms with Gasteiger partial charge in [0, 0.05) is 0 Å². The highest BCUT2D eigenvalue weighted by atomic mass is 19.1. The molecule has 0 saturated carbocycles. The van der Waals surface area contributed by atoms with Crippen molar-refractivity contribution >= 4 is 0 Å². The Hall–Kier alpha value is -0.370. The van der Waals surface area contributed by atoms with Gasteiger partial charge < -0.3 is 5.11 Å². The van der Waals surface area contributed by atoms with Crippen LogP contribution in [0, 0.1) is 0 Å². The fraction of sp³-hybridized carbons (Fsp3) is 0.667. The van der Waals surface area contributed by atoms with Crippen LogP contribution in [0.25, 0.3) is 0 Å². The van der Waals surface area contributed by atoms with Gasteiger partial charge in [0.05, 0.1) is 6.10 Å². The Bertz CT molecular complexity index is 72.9. The maximum atomic E-state index is 12.2. The second-order valence-corrected chi connectivity index (χ2v) is 1.66. The predicted molar refractivity (Wildman–Crippen MR) is 31.4 cm³/mol. The first-order valence-electron chi connectivity index (χ1n) is 2.67. The minimum atomic E-state index is -1.26. The topological polar surface area (TPSA) is 20.2 Å². The molecular formula is C6H11FO. The standard InChI is InChI=1S/C6H11FO/c1-3-5(7)6(8)4-2/h3,5-6,8H,1,4H2,2H3. The summed E-state index contributed by atoms with van der Waals surface area (Å²) in [6.07, 6.45) is -0.589. The summed E-state index contributed by atoms with van der Waals surface area (Å²) in [4.78, 5) is 0. The summed E-state index contributed by atoms with van der Waals surface area (Å²) in [6.45, 7) is 4.92. The van der Waals surface area contributed by atoms with E-state index in [-0.39, 0.29) is 0 Å². The molecule has 0 rings (SSSR count). The van der Waals surface area contributed by atoms with Crippen molar-refractivity contribution in [3.8, 4) is 0 Å². The van der Waals surface area contributed by atoms with Crippen LogP contribution in [0.5, 0.6) is 0 Å². The number of aliphatic hydroxyl groups excluding tert-OH is 1. The molecule has 0 aliphatic rings. The molecule has 0 bridgehead atoms. The van der Waals surface area contributed by atoms with Gasteiger partial charge in [0.1, 0.15) is 6.17 Å². The lowest BCUT2D eigenvalue weighted by Gasteiger charge is -2.07. The molecule has 0 aromatic carbocycles. The molecule has 0 saturated heterocycles. The number of halogens is 1. The van der Waals surface area contributed by atoms with Crippen LogP contribution in [0.1, 0.15) is 13.3 Å². The highest BCUT2D eigenvalue weighted by Gasteiger charge is 2.10. The van der Waals surface area contributed by atoms with E-state index in [1.165, 1.54) is 0 Å². The molecule has 1 N–H and O–H groups in total. The normalized spacial score (nSPS) is 17.4. The number of rotatable bonds is 3. The fourth-order valence-corrected chi connectivity index (χ4v) is 0.382. The second kappa shape index (κ2) is 3.61. The lowest BCUT2D eigenvalue weighted by atomic mass is 10.2. The molecule has 0 spiro atoms. The summed E-state index contributed by atoms with van der Waals surface area (Å²) < 4.78 is 12.2. The number of hydrogen-bond donors (Lipinski definition) is 1. The molecule has 0 amide bonds. The van der Waals surface area contributed by atoms with Gasteiger partial charge in [-0.05, 0) is 6.42 Å². The Morgan fingerprint density at radius 1 is 1.88 bits per heavy atom. The summed E-state index contributed by atoms with van der Waals surface area (Å²) in [5, 5.41) is 8.68. The van der Waals surface area contributed by atoms with Crippen molar-refractivity contribution < 1.29 is 9.50 Å². The molecule has 0 fully saturated rings. The van der Waals surface area contributed by atoms with Gasteiger partial charge in [-0.3, -0.25) is 0 Å². The maximum absolute atomic E-state index is 12.2. The number of hydrogen-bond acceptors (Lipinski definition) is 1. The molecule has 0 aliphatic heterocycles. The number of alkyl halides is 1. The molecule has 1 nitrogen and oxygen atoms in total. The Labute approximate surface area is 48.8 Å². The third-order valence-electron chi connectivity index (χ3n) is 1.01. The molecule has 8 heavy (non-hydrogen) atoms. The zero-order chi connectivity index (χ0) is 6.57. The third-order valence-corrected chi connectivity index (χ3v) is 1.01. The Kier molecular flexibility index (Phi) is 3.44. The van der Waals surface area contributed by atoms with Gasteiger partial charge in [-0.1, -0.05) is 13.0 Å². The second-order valence-electron chi connectivity index (χ2n) is 1.66. The molecule has 2 atom stereocenters. The van der Waals surface area contributed by atoms with Crippen LogP contribution < -0.4 is 0 Å². The van der Waals surface area contributed by atoms with E-state index in [2.05, 4.69) is 6.58 Å². The molecule has 0 radical (unpaired) electrons. The van der Waals surface area contributed by atoms with Crippen molar-refractivity contribution in [2.24, 2.45) is 0 Å². The molecule has 48 valence electrons. The smallest absolute Gasteiger partial charge is 0.144 e. The van der Waals surface area contributed by atoms with Crippen molar-refractivity contribution in [2.75, 3.05) is 0 Å². The van der Waals surface area contributed by atoms with Gasteiger partial charge in [0.25, 0.3) is 0 Å². The summed E-state index contributed by atoms with van der Waals surface area (Å²) >= 11 is 0. The van der Waals surface area contributed by atoms with E-state index in [9.17, 15) is 4.39 Å². The molecule has 0 aromatic heterocycles. The Morgan fingerprint density at radius 2 is 2.38 bits per heavy atom. The van der Waals surface area contributed by atoms with Crippen molar-refractivity contribution in [3.05, 3.63) is 12.7 Å². The fourth-order valence-electron chi connectivity index (χ4n) is 0.382. The highest BCUT2D eigenvalue weighted by molar-refractivity contribution is 4.83. The van der Waals surface area contributed by atoms with Crippen molar-refractivity contribution in [2.45, 2.75) is 25.6 Å². The molecule has 0 heterocycles. The van der Waals surface area contributed by atoms with Crippen LogP contribution >= 0.6 is 0 Å². The molecule has 0 aromatic rings. The van der Waals surface area contributed by atoms with Gasteiger partial charge in [-0.2, -0.15) is 0 Å². The summed E-state index contributed by atoms with van der Waals surface area (Å²) in [6, 6.07) is 0. The summed E-state index contributed by atoms with van der Waals surface area (Å²) in [5.41, 5.74) is 0. The Morgan fingerprint density at radius 3 is 2.50 bits per heavy atom. The molecule has 2 heteroatoms. The lowest BCUT2D eigenvalue weighted by Crippen LogP contribution is -2.17. The quantitative estimate of drug-likeness (QED) is 0.553.